The van der Waals surface area contributed by atoms with E-state index in [9.17, 15) is 9.59 Å². The number of methoxy groups -OCH3 is 1. The summed E-state index contributed by atoms with van der Waals surface area (Å²) in [7, 11) is 1.58. The van der Waals surface area contributed by atoms with Crippen molar-refractivity contribution < 1.29 is 14.3 Å². The molecule has 180 valence electrons. The molecule has 0 saturated carbocycles. The number of ether oxygens (including phenoxy) is 1. The highest BCUT2D eigenvalue weighted by atomic mass is 32.2. The zero-order valence-corrected chi connectivity index (χ0v) is 21.1. The van der Waals surface area contributed by atoms with Crippen LogP contribution in [-0.2, 0) is 11.3 Å². The summed E-state index contributed by atoms with van der Waals surface area (Å²) >= 11 is 2.58. The molecule has 0 atom stereocenters. The van der Waals surface area contributed by atoms with Crippen LogP contribution in [0.3, 0.4) is 0 Å². The molecule has 4 aromatic rings. The minimum atomic E-state index is -0.209. The van der Waals surface area contributed by atoms with E-state index in [-0.39, 0.29) is 24.1 Å². The van der Waals surface area contributed by atoms with Gasteiger partial charge in [0.1, 0.15) is 5.75 Å². The van der Waals surface area contributed by atoms with Crippen LogP contribution in [0.25, 0.3) is 5.69 Å². The van der Waals surface area contributed by atoms with E-state index in [1.807, 2.05) is 50.2 Å². The van der Waals surface area contributed by atoms with Crippen molar-refractivity contribution in [2.24, 2.45) is 0 Å². The molecule has 0 saturated heterocycles. The molecule has 0 fully saturated rings. The molecule has 0 aliphatic rings. The molecule has 0 aliphatic carbocycles. The third-order valence-electron chi connectivity index (χ3n) is 5.21. The van der Waals surface area contributed by atoms with Crippen LogP contribution in [0.4, 0.5) is 5.13 Å². The number of carbonyl (C=O) groups is 2. The van der Waals surface area contributed by atoms with Gasteiger partial charge in [-0.25, -0.2) is 4.98 Å². The van der Waals surface area contributed by atoms with Gasteiger partial charge in [0, 0.05) is 17.1 Å². The summed E-state index contributed by atoms with van der Waals surface area (Å²) < 4.78 is 7.33. The van der Waals surface area contributed by atoms with Gasteiger partial charge in [0.2, 0.25) is 5.91 Å². The number of thioether (sulfide) groups is 1. The summed E-state index contributed by atoms with van der Waals surface area (Å²) in [6, 6.07) is 13.0. The largest absolute Gasteiger partial charge is 0.495 e. The number of benzene rings is 2. The first kappa shape index (κ1) is 24.4. The number of hydrogen-bond donors (Lipinski definition) is 2. The van der Waals surface area contributed by atoms with Gasteiger partial charge < -0.3 is 15.4 Å². The molecule has 9 nitrogen and oxygen atoms in total. The van der Waals surface area contributed by atoms with Crippen LogP contribution in [0.2, 0.25) is 0 Å². The van der Waals surface area contributed by atoms with E-state index in [0.717, 1.165) is 11.1 Å². The number of para-hydroxylation sites is 2. The monoisotopic (exact) mass is 508 g/mol. The standard InChI is InChI=1S/C24H24N6O3S2/c1-15-8-9-17(12-16(15)2)22(32)26-13-20-28-29-24(30(20)18-6-4-5-7-19(18)33-3)35-14-21(31)27-23-25-10-11-34-23/h4-12H,13-14H2,1-3H3,(H,26,32)(H,25,27,31). The van der Waals surface area contributed by atoms with E-state index in [2.05, 4.69) is 25.8 Å². The van der Waals surface area contributed by atoms with Crippen LogP contribution in [0.1, 0.15) is 27.3 Å². The average molecular weight is 509 g/mol. The highest BCUT2D eigenvalue weighted by Gasteiger charge is 2.19. The second-order valence-corrected chi connectivity index (χ2v) is 9.40. The van der Waals surface area contributed by atoms with Crippen molar-refractivity contribution in [2.45, 2.75) is 25.5 Å². The van der Waals surface area contributed by atoms with Crippen molar-refractivity contribution in [3.63, 3.8) is 0 Å². The predicted molar refractivity (Wildman–Crippen MR) is 136 cm³/mol. The van der Waals surface area contributed by atoms with E-state index in [1.54, 1.807) is 29.3 Å². The first-order valence-electron chi connectivity index (χ1n) is 10.7. The summed E-state index contributed by atoms with van der Waals surface area (Å²) in [5.41, 5.74) is 3.45. The van der Waals surface area contributed by atoms with Crippen LogP contribution in [0.5, 0.6) is 5.75 Å². The maximum Gasteiger partial charge on any atom is 0.251 e. The number of aryl methyl sites for hydroxylation is 2. The Labute approximate surface area is 211 Å². The molecular formula is C24H24N6O3S2. The molecule has 2 heterocycles. The fourth-order valence-electron chi connectivity index (χ4n) is 3.28. The molecule has 0 aliphatic heterocycles. The van der Waals surface area contributed by atoms with Gasteiger partial charge in [0.25, 0.3) is 5.91 Å². The van der Waals surface area contributed by atoms with E-state index in [4.69, 9.17) is 4.74 Å². The van der Waals surface area contributed by atoms with Crippen molar-refractivity contribution in [2.75, 3.05) is 18.2 Å². The fraction of sp³-hybridized carbons (Fsp3) is 0.208. The summed E-state index contributed by atoms with van der Waals surface area (Å²) in [6.07, 6.45) is 1.63. The molecule has 2 N–H and O–H groups in total. The fourth-order valence-corrected chi connectivity index (χ4v) is 4.59. The Morgan fingerprint density at radius 1 is 1.11 bits per heavy atom. The SMILES string of the molecule is COc1ccccc1-n1c(CNC(=O)c2ccc(C)c(C)c2)nnc1SCC(=O)Nc1nccs1. The minimum absolute atomic E-state index is 0.113. The average Bonchev–Trinajstić information content (AvgIpc) is 3.52. The lowest BCUT2D eigenvalue weighted by molar-refractivity contribution is -0.113. The second kappa shape index (κ2) is 11.2. The van der Waals surface area contributed by atoms with Crippen molar-refractivity contribution in [1.82, 2.24) is 25.1 Å². The molecule has 2 aromatic heterocycles. The van der Waals surface area contributed by atoms with Gasteiger partial charge >= 0.3 is 0 Å². The Morgan fingerprint density at radius 2 is 1.94 bits per heavy atom. The smallest absolute Gasteiger partial charge is 0.251 e. The Morgan fingerprint density at radius 3 is 2.69 bits per heavy atom. The lowest BCUT2D eigenvalue weighted by Crippen LogP contribution is -2.25. The highest BCUT2D eigenvalue weighted by molar-refractivity contribution is 7.99. The minimum Gasteiger partial charge on any atom is -0.495 e. The van der Waals surface area contributed by atoms with Crippen molar-refractivity contribution in [3.05, 3.63) is 76.6 Å². The molecule has 0 unspecified atom stereocenters. The number of nitrogens with zero attached hydrogens (tertiary/aromatic N) is 4. The van der Waals surface area contributed by atoms with Crippen LogP contribution < -0.4 is 15.4 Å². The highest BCUT2D eigenvalue weighted by Crippen LogP contribution is 2.29. The number of hydrogen-bond acceptors (Lipinski definition) is 8. The van der Waals surface area contributed by atoms with E-state index >= 15 is 0 Å². The zero-order valence-electron chi connectivity index (χ0n) is 19.4. The maximum atomic E-state index is 12.8. The van der Waals surface area contributed by atoms with Gasteiger partial charge in [0.05, 0.1) is 25.1 Å². The number of carbonyl (C=O) groups excluding carboxylic acids is 2. The Hall–Kier alpha value is -3.70. The van der Waals surface area contributed by atoms with Crippen molar-refractivity contribution in [3.8, 4) is 11.4 Å². The van der Waals surface area contributed by atoms with Crippen LogP contribution in [0.15, 0.2) is 59.2 Å². The number of thiazole rings is 1. The van der Waals surface area contributed by atoms with Crippen molar-refractivity contribution in [1.29, 1.82) is 0 Å². The van der Waals surface area contributed by atoms with Crippen LogP contribution in [-0.4, -0.2) is 44.4 Å². The number of aromatic nitrogens is 4. The molecule has 2 amide bonds. The normalized spacial score (nSPS) is 10.7. The molecule has 0 spiro atoms. The van der Waals surface area contributed by atoms with E-state index in [0.29, 0.717) is 33.1 Å². The van der Waals surface area contributed by atoms with E-state index in [1.165, 1.54) is 23.1 Å². The molecule has 2 aromatic carbocycles. The maximum absolute atomic E-state index is 12.8. The number of nitrogens with one attached hydrogen (secondary N) is 2. The molecule has 0 bridgehead atoms. The molecule has 4 rings (SSSR count). The summed E-state index contributed by atoms with van der Waals surface area (Å²) in [6.45, 7) is 4.12. The Bertz CT molecular complexity index is 1340. The topological polar surface area (TPSA) is 111 Å². The lowest BCUT2D eigenvalue weighted by atomic mass is 10.1. The van der Waals surface area contributed by atoms with Gasteiger partial charge in [-0.3, -0.25) is 14.2 Å². The van der Waals surface area contributed by atoms with Gasteiger partial charge in [-0.15, -0.1) is 21.5 Å². The van der Waals surface area contributed by atoms with Gasteiger partial charge in [-0.1, -0.05) is 30.0 Å². The third-order valence-corrected chi connectivity index (χ3v) is 6.83. The van der Waals surface area contributed by atoms with E-state index < -0.39 is 0 Å². The number of amides is 2. The Balaban J connectivity index is 1.55. The quantitative estimate of drug-likeness (QED) is 0.329. The predicted octanol–water partition coefficient (Wildman–Crippen LogP) is 4.01. The molecule has 11 heteroatoms. The Kier molecular flexibility index (Phi) is 7.78. The second-order valence-electron chi connectivity index (χ2n) is 7.56. The molecule has 0 radical (unpaired) electrons. The van der Waals surface area contributed by atoms with Gasteiger partial charge in [-0.2, -0.15) is 0 Å². The summed E-state index contributed by atoms with van der Waals surface area (Å²) in [4.78, 5) is 29.2. The van der Waals surface area contributed by atoms with Crippen LogP contribution in [0, 0.1) is 13.8 Å². The van der Waals surface area contributed by atoms with Gasteiger partial charge in [-0.05, 0) is 49.2 Å². The van der Waals surface area contributed by atoms with Crippen LogP contribution >= 0.6 is 23.1 Å². The summed E-state index contributed by atoms with van der Waals surface area (Å²) in [5.74, 6) is 0.823. The summed E-state index contributed by atoms with van der Waals surface area (Å²) in [5, 5.41) is 17.1. The van der Waals surface area contributed by atoms with Crippen molar-refractivity contribution >= 4 is 40.0 Å². The lowest BCUT2D eigenvalue weighted by Gasteiger charge is -2.14. The number of anilines is 1. The molecule has 35 heavy (non-hydrogen) atoms. The first-order valence-corrected chi connectivity index (χ1v) is 12.6. The molecular weight excluding hydrogens is 484 g/mol. The third kappa shape index (κ3) is 5.87. The number of rotatable bonds is 9. The van der Waals surface area contributed by atoms with Gasteiger partial charge in [0.15, 0.2) is 16.1 Å². The zero-order chi connectivity index (χ0) is 24.8. The first-order chi connectivity index (χ1) is 17.0.